The predicted octanol–water partition coefficient (Wildman–Crippen LogP) is 3.65. The second-order valence-corrected chi connectivity index (χ2v) is 4.00. The Balaban J connectivity index is 0.000000963. The van der Waals surface area contributed by atoms with Crippen LogP contribution in [-0.4, -0.2) is 18.9 Å². The third kappa shape index (κ3) is 1.76. The van der Waals surface area contributed by atoms with E-state index >= 15 is 0 Å². The van der Waals surface area contributed by atoms with Crippen LogP contribution in [0.3, 0.4) is 0 Å². The molecule has 0 aromatic heterocycles. The molecule has 0 aliphatic rings. The summed E-state index contributed by atoms with van der Waals surface area (Å²) >= 11 is 0. The maximum absolute atomic E-state index is 2.28. The van der Waals surface area contributed by atoms with Crippen molar-refractivity contribution in [3.63, 3.8) is 0 Å². The van der Waals surface area contributed by atoms with Gasteiger partial charge in [0.15, 0.2) is 0 Å². The van der Waals surface area contributed by atoms with Crippen LogP contribution in [0.15, 0.2) is 54.6 Å². The summed E-state index contributed by atoms with van der Waals surface area (Å²) in [6.45, 7) is 2.16. The second-order valence-electron chi connectivity index (χ2n) is 4.00. The van der Waals surface area contributed by atoms with Crippen molar-refractivity contribution in [2.24, 2.45) is 0 Å². The van der Waals surface area contributed by atoms with Crippen molar-refractivity contribution in [1.82, 2.24) is 0 Å². The van der Waals surface area contributed by atoms with Crippen LogP contribution >= 0.6 is 0 Å². The van der Waals surface area contributed by atoms with Crippen molar-refractivity contribution in [1.29, 1.82) is 0 Å². The van der Waals surface area contributed by atoms with Gasteiger partial charge in [-0.25, -0.2) is 0 Å². The molecule has 3 aromatic carbocycles. The summed E-state index contributed by atoms with van der Waals surface area (Å²) in [7, 11) is 0. The molecule has 0 bridgehead atoms. The zero-order chi connectivity index (χ0) is 10.3. The Morgan fingerprint density at radius 1 is 0.688 bits per heavy atom. The number of rotatable bonds is 0. The molecule has 16 heavy (non-hydrogen) atoms. The Bertz CT molecular complexity index is 641. The fraction of sp³-hybridized carbons (Fsp3) is 0.0667. The summed E-state index contributed by atoms with van der Waals surface area (Å²) in [4.78, 5) is 0. The molecular weight excluding hydrogens is 187 g/mol. The van der Waals surface area contributed by atoms with Crippen molar-refractivity contribution < 1.29 is 0 Å². The van der Waals surface area contributed by atoms with Crippen LogP contribution in [0.5, 0.6) is 0 Å². The summed E-state index contributed by atoms with van der Waals surface area (Å²) < 4.78 is 0. The SMILES string of the molecule is Cc1cccc2cc3ccccc3cc12.[LiH]. The van der Waals surface area contributed by atoms with Gasteiger partial charge in [0.2, 0.25) is 0 Å². The Labute approximate surface area is 107 Å². The Hall–Kier alpha value is -1.22. The molecule has 3 rings (SSSR count). The molecule has 0 radical (unpaired) electrons. The molecule has 0 fully saturated rings. The number of fused-ring (bicyclic) bond motifs is 2. The fourth-order valence-electron chi connectivity index (χ4n) is 2.12. The number of hydrogen-bond acceptors (Lipinski definition) is 0. The molecule has 3 aromatic rings. The van der Waals surface area contributed by atoms with E-state index < -0.39 is 0 Å². The van der Waals surface area contributed by atoms with E-state index in [9.17, 15) is 0 Å². The van der Waals surface area contributed by atoms with E-state index in [1.807, 2.05) is 0 Å². The molecule has 0 heterocycles. The van der Waals surface area contributed by atoms with Crippen LogP contribution in [0.25, 0.3) is 21.5 Å². The van der Waals surface area contributed by atoms with Crippen molar-refractivity contribution >= 4 is 40.4 Å². The van der Waals surface area contributed by atoms with Gasteiger partial charge in [0.25, 0.3) is 0 Å². The van der Waals surface area contributed by atoms with E-state index in [-0.39, 0.29) is 18.9 Å². The number of hydrogen-bond donors (Lipinski definition) is 0. The van der Waals surface area contributed by atoms with E-state index in [0.717, 1.165) is 0 Å². The second kappa shape index (κ2) is 4.34. The van der Waals surface area contributed by atoms with Crippen molar-refractivity contribution in [2.45, 2.75) is 6.92 Å². The molecule has 0 N–H and O–H groups in total. The van der Waals surface area contributed by atoms with Gasteiger partial charge in [0.05, 0.1) is 0 Å². The molecule has 0 unspecified atom stereocenters. The topological polar surface area (TPSA) is 0 Å². The minimum absolute atomic E-state index is 0. The molecule has 0 aliphatic carbocycles. The zero-order valence-electron chi connectivity index (χ0n) is 8.70. The molecule has 1 heteroatoms. The van der Waals surface area contributed by atoms with Crippen molar-refractivity contribution in [3.8, 4) is 0 Å². The monoisotopic (exact) mass is 200 g/mol. The standard InChI is InChI=1S/C15H12.Li.H/c1-11-5-4-8-14-9-12-6-2-3-7-13(12)10-15(11)14;;/h2-10H,1H3;;. The molecule has 0 nitrogen and oxygen atoms in total. The van der Waals surface area contributed by atoms with Gasteiger partial charge in [-0.1, -0.05) is 42.5 Å². The van der Waals surface area contributed by atoms with E-state index in [0.29, 0.717) is 0 Å². The van der Waals surface area contributed by atoms with Crippen LogP contribution < -0.4 is 0 Å². The van der Waals surface area contributed by atoms with Gasteiger partial charge in [-0.3, -0.25) is 0 Å². The first-order chi connectivity index (χ1) is 7.34. The molecule has 74 valence electrons. The van der Waals surface area contributed by atoms with Crippen LogP contribution in [0.2, 0.25) is 0 Å². The van der Waals surface area contributed by atoms with E-state index in [1.54, 1.807) is 0 Å². The van der Waals surface area contributed by atoms with Gasteiger partial charge in [-0.15, -0.1) is 0 Å². The van der Waals surface area contributed by atoms with Crippen molar-refractivity contribution in [2.75, 3.05) is 0 Å². The van der Waals surface area contributed by atoms with E-state index in [4.69, 9.17) is 0 Å². The van der Waals surface area contributed by atoms with Gasteiger partial charge >= 0.3 is 18.9 Å². The Morgan fingerprint density at radius 3 is 2.06 bits per heavy atom. The molecular formula is C15H13Li. The third-order valence-corrected chi connectivity index (χ3v) is 2.96. The summed E-state index contributed by atoms with van der Waals surface area (Å²) in [6.07, 6.45) is 0. The van der Waals surface area contributed by atoms with Crippen LogP contribution in [0.4, 0.5) is 0 Å². The average molecular weight is 200 g/mol. The van der Waals surface area contributed by atoms with E-state index in [2.05, 4.69) is 61.5 Å². The van der Waals surface area contributed by atoms with Crippen LogP contribution in [0, 0.1) is 6.92 Å². The minimum atomic E-state index is 0. The third-order valence-electron chi connectivity index (χ3n) is 2.96. The summed E-state index contributed by atoms with van der Waals surface area (Å²) in [6, 6.07) is 19.5. The summed E-state index contributed by atoms with van der Waals surface area (Å²) in [5.74, 6) is 0. The maximum atomic E-state index is 2.28. The first-order valence-corrected chi connectivity index (χ1v) is 5.23. The van der Waals surface area contributed by atoms with Crippen LogP contribution in [-0.2, 0) is 0 Å². The van der Waals surface area contributed by atoms with Crippen molar-refractivity contribution in [3.05, 3.63) is 60.2 Å². The summed E-state index contributed by atoms with van der Waals surface area (Å²) in [5.41, 5.74) is 1.35. The molecule has 0 saturated carbocycles. The van der Waals surface area contributed by atoms with Gasteiger partial charge in [-0.2, -0.15) is 0 Å². The molecule has 0 spiro atoms. The molecule has 0 saturated heterocycles. The molecule has 0 aliphatic heterocycles. The van der Waals surface area contributed by atoms with Gasteiger partial charge < -0.3 is 0 Å². The Kier molecular flexibility index (Phi) is 3.05. The average Bonchev–Trinajstić information content (AvgIpc) is 2.27. The predicted molar refractivity (Wildman–Crippen MR) is 73.3 cm³/mol. The number of benzene rings is 3. The van der Waals surface area contributed by atoms with Gasteiger partial charge in [0, 0.05) is 0 Å². The first-order valence-electron chi connectivity index (χ1n) is 5.23. The fourth-order valence-corrected chi connectivity index (χ4v) is 2.12. The Morgan fingerprint density at radius 2 is 1.31 bits per heavy atom. The normalized spacial score (nSPS) is 10.3. The number of aryl methyl sites for hydroxylation is 1. The van der Waals surface area contributed by atoms with Gasteiger partial charge in [0.1, 0.15) is 0 Å². The summed E-state index contributed by atoms with van der Waals surface area (Å²) in [5, 5.41) is 5.32. The zero-order valence-corrected chi connectivity index (χ0v) is 8.70. The molecule has 0 amide bonds. The van der Waals surface area contributed by atoms with E-state index in [1.165, 1.54) is 27.1 Å². The van der Waals surface area contributed by atoms with Gasteiger partial charge in [-0.05, 0) is 46.2 Å². The van der Waals surface area contributed by atoms with Crippen LogP contribution in [0.1, 0.15) is 5.56 Å². The quantitative estimate of drug-likeness (QED) is 0.384. The first kappa shape index (κ1) is 11.3. The molecule has 0 atom stereocenters.